The molecule has 21 heavy (non-hydrogen) atoms. The van der Waals surface area contributed by atoms with Gasteiger partial charge in [-0.15, -0.1) is 0 Å². The lowest BCUT2D eigenvalue weighted by molar-refractivity contribution is -0.384. The summed E-state index contributed by atoms with van der Waals surface area (Å²) in [4.78, 5) is 28.1. The van der Waals surface area contributed by atoms with Crippen LogP contribution in [0.3, 0.4) is 0 Å². The van der Waals surface area contributed by atoms with E-state index in [0.717, 1.165) is 0 Å². The Bertz CT molecular complexity index is 617. The van der Waals surface area contributed by atoms with Crippen molar-refractivity contribution in [3.05, 3.63) is 33.9 Å². The molecule has 1 fully saturated rings. The molecule has 1 atom stereocenters. The molecule has 112 valence electrons. The van der Waals surface area contributed by atoms with Gasteiger partial charge < -0.3 is 9.64 Å². The summed E-state index contributed by atoms with van der Waals surface area (Å²) in [5.41, 5.74) is 1.41. The van der Waals surface area contributed by atoms with Gasteiger partial charge in [-0.2, -0.15) is 0 Å². The van der Waals surface area contributed by atoms with Crippen molar-refractivity contribution in [2.45, 2.75) is 13.0 Å². The number of aliphatic imine (C=N–C) groups is 1. The lowest BCUT2D eigenvalue weighted by Crippen LogP contribution is -2.37. The largest absolute Gasteiger partial charge is 0.467 e. The van der Waals surface area contributed by atoms with Crippen molar-refractivity contribution in [3.8, 4) is 0 Å². The van der Waals surface area contributed by atoms with Crippen molar-refractivity contribution in [1.29, 1.82) is 0 Å². The number of nitro groups is 1. The van der Waals surface area contributed by atoms with Crippen LogP contribution < -0.4 is 0 Å². The maximum Gasteiger partial charge on any atom is 0.329 e. The van der Waals surface area contributed by atoms with E-state index in [9.17, 15) is 14.9 Å². The van der Waals surface area contributed by atoms with Crippen molar-refractivity contribution in [2.24, 2.45) is 4.99 Å². The fourth-order valence-corrected chi connectivity index (χ4v) is 3.12. The van der Waals surface area contributed by atoms with Crippen molar-refractivity contribution < 1.29 is 14.5 Å². The van der Waals surface area contributed by atoms with Crippen LogP contribution in [0.1, 0.15) is 5.56 Å². The summed E-state index contributed by atoms with van der Waals surface area (Å²) in [5, 5.41) is 11.4. The summed E-state index contributed by atoms with van der Waals surface area (Å²) >= 11 is 1.46. The summed E-state index contributed by atoms with van der Waals surface area (Å²) < 4.78 is 4.74. The minimum absolute atomic E-state index is 0.0383. The smallest absolute Gasteiger partial charge is 0.329 e. The van der Waals surface area contributed by atoms with Gasteiger partial charge >= 0.3 is 5.97 Å². The number of benzene rings is 1. The van der Waals surface area contributed by atoms with E-state index in [0.29, 0.717) is 22.2 Å². The second kappa shape index (κ2) is 6.13. The van der Waals surface area contributed by atoms with Gasteiger partial charge in [0, 0.05) is 24.9 Å². The number of thioether (sulfide) groups is 1. The van der Waals surface area contributed by atoms with Gasteiger partial charge in [-0.05, 0) is 18.6 Å². The van der Waals surface area contributed by atoms with E-state index in [4.69, 9.17) is 4.74 Å². The third-order valence-corrected chi connectivity index (χ3v) is 4.34. The Hall–Kier alpha value is -2.09. The molecule has 0 N–H and O–H groups in total. The highest BCUT2D eigenvalue weighted by atomic mass is 32.2. The van der Waals surface area contributed by atoms with Crippen LogP contribution in [-0.4, -0.2) is 46.9 Å². The summed E-state index contributed by atoms with van der Waals surface area (Å²) in [7, 11) is 3.14. The molecule has 1 aromatic rings. The Labute approximate surface area is 126 Å². The zero-order valence-corrected chi connectivity index (χ0v) is 12.7. The molecule has 1 aromatic carbocycles. The molecule has 1 aliphatic heterocycles. The number of nitrogens with zero attached hydrogens (tertiary/aromatic N) is 3. The van der Waals surface area contributed by atoms with E-state index in [2.05, 4.69) is 4.99 Å². The van der Waals surface area contributed by atoms with E-state index < -0.39 is 4.92 Å². The average Bonchev–Trinajstić information content (AvgIpc) is 2.81. The number of carbonyl (C=O) groups is 1. The summed E-state index contributed by atoms with van der Waals surface area (Å²) in [6, 6.07) is 4.16. The summed E-state index contributed by atoms with van der Waals surface area (Å²) in [5.74, 6) is 0.282. The third kappa shape index (κ3) is 3.15. The summed E-state index contributed by atoms with van der Waals surface area (Å²) in [6.45, 7) is 1.77. The molecule has 2 rings (SSSR count). The predicted octanol–water partition coefficient (Wildman–Crippen LogP) is 2.11. The number of ether oxygens (including phenoxy) is 1. The first kappa shape index (κ1) is 15.3. The number of rotatable bonds is 3. The number of aryl methyl sites for hydroxylation is 1. The Balaban J connectivity index is 2.25. The third-order valence-electron chi connectivity index (χ3n) is 3.22. The van der Waals surface area contributed by atoms with Crippen LogP contribution >= 0.6 is 11.8 Å². The van der Waals surface area contributed by atoms with E-state index in [-0.39, 0.29) is 17.7 Å². The lowest BCUT2D eigenvalue weighted by atomic mass is 10.2. The highest BCUT2D eigenvalue weighted by molar-refractivity contribution is 8.14. The second-order valence-electron chi connectivity index (χ2n) is 4.58. The quantitative estimate of drug-likeness (QED) is 0.483. The predicted molar refractivity (Wildman–Crippen MR) is 81.0 cm³/mol. The number of likely N-dealkylation sites (N-methyl/N-ethyl adjacent to an activating group) is 1. The van der Waals surface area contributed by atoms with Gasteiger partial charge in [0.15, 0.2) is 5.17 Å². The maximum atomic E-state index is 11.6. The molecular weight excluding hydrogens is 294 g/mol. The molecule has 0 aromatic heterocycles. The first-order chi connectivity index (χ1) is 9.93. The first-order valence-corrected chi connectivity index (χ1v) is 7.19. The van der Waals surface area contributed by atoms with Gasteiger partial charge in [-0.3, -0.25) is 10.1 Å². The van der Waals surface area contributed by atoms with Crippen molar-refractivity contribution in [1.82, 2.24) is 4.90 Å². The molecule has 0 aliphatic carbocycles. The highest BCUT2D eigenvalue weighted by Crippen LogP contribution is 2.29. The SMILES string of the molecule is COC(=O)[C@H]1CSC(=Nc2ccc([N+](=O)[O-])cc2C)N1C. The molecule has 0 amide bonds. The Kier molecular flexibility index (Phi) is 4.46. The van der Waals surface area contributed by atoms with Crippen molar-refractivity contribution in [3.63, 3.8) is 0 Å². The van der Waals surface area contributed by atoms with E-state index in [1.807, 2.05) is 0 Å². The fraction of sp³-hybridized carbons (Fsp3) is 0.385. The lowest BCUT2D eigenvalue weighted by Gasteiger charge is -2.18. The second-order valence-corrected chi connectivity index (χ2v) is 5.57. The molecule has 8 heteroatoms. The number of amidine groups is 1. The monoisotopic (exact) mass is 309 g/mol. The normalized spacial score (nSPS) is 19.9. The van der Waals surface area contributed by atoms with E-state index in [1.165, 1.54) is 31.0 Å². The number of hydrogen-bond donors (Lipinski definition) is 0. The van der Waals surface area contributed by atoms with Gasteiger partial charge in [0.05, 0.1) is 17.7 Å². The number of carbonyl (C=O) groups excluding carboxylic acids is 1. The van der Waals surface area contributed by atoms with Crippen LogP contribution in [-0.2, 0) is 9.53 Å². The zero-order chi connectivity index (χ0) is 15.6. The van der Waals surface area contributed by atoms with Crippen LogP contribution in [0.2, 0.25) is 0 Å². The minimum atomic E-state index is -0.437. The minimum Gasteiger partial charge on any atom is -0.467 e. The molecule has 7 nitrogen and oxygen atoms in total. The average molecular weight is 309 g/mol. The van der Waals surface area contributed by atoms with Crippen molar-refractivity contribution in [2.75, 3.05) is 19.9 Å². The number of methoxy groups -OCH3 is 1. The van der Waals surface area contributed by atoms with Gasteiger partial charge in [-0.1, -0.05) is 11.8 Å². The van der Waals surface area contributed by atoms with Crippen LogP contribution in [0.5, 0.6) is 0 Å². The molecule has 0 unspecified atom stereocenters. The number of esters is 1. The number of nitro benzene ring substituents is 1. The number of non-ortho nitro benzene ring substituents is 1. The van der Waals surface area contributed by atoms with Crippen LogP contribution in [0, 0.1) is 17.0 Å². The number of hydrogen-bond acceptors (Lipinski definition) is 6. The molecular formula is C13H15N3O4S. The van der Waals surface area contributed by atoms with Crippen LogP contribution in [0.15, 0.2) is 23.2 Å². The zero-order valence-electron chi connectivity index (χ0n) is 11.9. The molecule has 1 saturated heterocycles. The Morgan fingerprint density at radius 1 is 1.57 bits per heavy atom. The Morgan fingerprint density at radius 2 is 2.29 bits per heavy atom. The molecule has 0 spiro atoms. The van der Waals surface area contributed by atoms with E-state index >= 15 is 0 Å². The molecule has 1 aliphatic rings. The highest BCUT2D eigenvalue weighted by Gasteiger charge is 2.33. The summed E-state index contributed by atoms with van der Waals surface area (Å²) in [6.07, 6.45) is 0. The van der Waals surface area contributed by atoms with Gasteiger partial charge in [0.2, 0.25) is 0 Å². The standard InChI is InChI=1S/C13H15N3O4S/c1-8-6-9(16(18)19)4-5-10(8)14-13-15(2)11(7-21-13)12(17)20-3/h4-6,11H,7H2,1-3H3/t11-/m1/s1. The topological polar surface area (TPSA) is 85.0 Å². The maximum absolute atomic E-state index is 11.6. The molecule has 0 radical (unpaired) electrons. The first-order valence-electron chi connectivity index (χ1n) is 6.21. The van der Waals surface area contributed by atoms with Crippen molar-refractivity contribution >= 4 is 34.3 Å². The molecule has 1 heterocycles. The van der Waals surface area contributed by atoms with Crippen LogP contribution in [0.4, 0.5) is 11.4 Å². The Morgan fingerprint density at radius 3 is 2.86 bits per heavy atom. The van der Waals surface area contributed by atoms with Gasteiger partial charge in [0.1, 0.15) is 6.04 Å². The van der Waals surface area contributed by atoms with Gasteiger partial charge in [-0.25, -0.2) is 9.79 Å². The van der Waals surface area contributed by atoms with Crippen LogP contribution in [0.25, 0.3) is 0 Å². The molecule has 0 bridgehead atoms. The fourth-order valence-electron chi connectivity index (χ4n) is 1.96. The van der Waals surface area contributed by atoms with E-state index in [1.54, 1.807) is 24.9 Å². The molecule has 0 saturated carbocycles. The van der Waals surface area contributed by atoms with Gasteiger partial charge in [0.25, 0.3) is 5.69 Å².